The number of fused-ring (bicyclic) bond motifs is 2. The van der Waals surface area contributed by atoms with Gasteiger partial charge in [-0.1, -0.05) is 17.7 Å². The maximum Gasteiger partial charge on any atom is 0.196 e. The Morgan fingerprint density at radius 1 is 1.09 bits per heavy atom. The van der Waals surface area contributed by atoms with Gasteiger partial charge in [0.15, 0.2) is 11.2 Å². The number of pyridine rings is 2. The number of aryl methyl sites for hydroxylation is 3. The molecule has 0 saturated carbocycles. The van der Waals surface area contributed by atoms with Crippen LogP contribution in [0.15, 0.2) is 51.8 Å². The summed E-state index contributed by atoms with van der Waals surface area (Å²) in [6, 6.07) is 11.2. The lowest BCUT2D eigenvalue weighted by Gasteiger charge is -2.19. The van der Waals surface area contributed by atoms with Gasteiger partial charge in [0.05, 0.1) is 34.5 Å². The molecule has 0 bridgehead atoms. The third-order valence-electron chi connectivity index (χ3n) is 6.12. The average Bonchev–Trinajstić information content (AvgIpc) is 3.18. The zero-order chi connectivity index (χ0) is 24.1. The first-order valence-electron chi connectivity index (χ1n) is 11.0. The molecule has 172 valence electrons. The molecule has 0 saturated heterocycles. The smallest absolute Gasteiger partial charge is 0.196 e. The van der Waals surface area contributed by atoms with Crippen LogP contribution < -0.4 is 10.7 Å². The predicted molar refractivity (Wildman–Crippen MR) is 135 cm³/mol. The number of hydrogen-bond acceptors (Lipinski definition) is 6. The fraction of sp³-hybridized carbons (Fsp3) is 0.231. The van der Waals surface area contributed by atoms with E-state index < -0.39 is 0 Å². The molecule has 34 heavy (non-hydrogen) atoms. The number of benzene rings is 1. The van der Waals surface area contributed by atoms with E-state index in [-0.39, 0.29) is 11.5 Å². The Morgan fingerprint density at radius 2 is 1.88 bits per heavy atom. The fourth-order valence-corrected chi connectivity index (χ4v) is 4.48. The second kappa shape index (κ2) is 8.25. The maximum absolute atomic E-state index is 13.4. The molecular weight excluding hydrogens is 450 g/mol. The highest BCUT2D eigenvalue weighted by atomic mass is 35.5. The number of aromatic nitrogens is 4. The highest BCUT2D eigenvalue weighted by molar-refractivity contribution is 6.29. The van der Waals surface area contributed by atoms with Crippen molar-refractivity contribution >= 4 is 39.3 Å². The Balaban J connectivity index is 1.68. The van der Waals surface area contributed by atoms with Crippen LogP contribution in [-0.2, 0) is 7.05 Å². The molecule has 4 heterocycles. The SMILES string of the molecule is Cc1cc(C(C)Nc2ccc(Cl)nc2C)c2oc(-c3ccc4c(cnn4C)n3)c(C)c(=O)c2c1. The molecule has 5 rings (SSSR count). The second-order valence-corrected chi connectivity index (χ2v) is 9.01. The normalized spacial score (nSPS) is 12.4. The molecule has 0 spiro atoms. The molecule has 8 heteroatoms. The van der Waals surface area contributed by atoms with Crippen molar-refractivity contribution in [1.29, 1.82) is 0 Å². The van der Waals surface area contributed by atoms with Gasteiger partial charge >= 0.3 is 0 Å². The van der Waals surface area contributed by atoms with Crippen LogP contribution in [0, 0.1) is 20.8 Å². The molecule has 1 aromatic carbocycles. The zero-order valence-corrected chi connectivity index (χ0v) is 20.4. The van der Waals surface area contributed by atoms with E-state index in [9.17, 15) is 4.79 Å². The minimum Gasteiger partial charge on any atom is -0.454 e. The third kappa shape index (κ3) is 3.72. The van der Waals surface area contributed by atoms with Gasteiger partial charge in [0.25, 0.3) is 0 Å². The van der Waals surface area contributed by atoms with Crippen molar-refractivity contribution in [2.75, 3.05) is 5.32 Å². The molecule has 0 radical (unpaired) electrons. The van der Waals surface area contributed by atoms with Gasteiger partial charge in [-0.2, -0.15) is 5.10 Å². The molecule has 0 aliphatic rings. The lowest BCUT2D eigenvalue weighted by Crippen LogP contribution is -2.13. The van der Waals surface area contributed by atoms with Crippen molar-refractivity contribution in [1.82, 2.24) is 19.7 Å². The largest absolute Gasteiger partial charge is 0.454 e. The lowest BCUT2D eigenvalue weighted by atomic mass is 9.99. The Hall–Kier alpha value is -3.71. The van der Waals surface area contributed by atoms with Gasteiger partial charge < -0.3 is 9.73 Å². The molecular formula is C26H24ClN5O2. The quantitative estimate of drug-likeness (QED) is 0.327. The van der Waals surface area contributed by atoms with Crippen LogP contribution >= 0.6 is 11.6 Å². The molecule has 1 atom stereocenters. The summed E-state index contributed by atoms with van der Waals surface area (Å²) in [5.41, 5.74) is 6.78. The van der Waals surface area contributed by atoms with Crippen molar-refractivity contribution in [2.45, 2.75) is 33.7 Å². The lowest BCUT2D eigenvalue weighted by molar-refractivity contribution is 0.603. The summed E-state index contributed by atoms with van der Waals surface area (Å²) in [6.07, 6.45) is 1.70. The molecule has 0 aliphatic carbocycles. The van der Waals surface area contributed by atoms with Crippen molar-refractivity contribution in [2.24, 2.45) is 7.05 Å². The minimum atomic E-state index is -0.156. The van der Waals surface area contributed by atoms with Gasteiger partial charge in [-0.15, -0.1) is 0 Å². The van der Waals surface area contributed by atoms with Gasteiger partial charge in [0.1, 0.15) is 21.9 Å². The fourth-order valence-electron chi connectivity index (χ4n) is 4.29. The highest BCUT2D eigenvalue weighted by Crippen LogP contribution is 2.32. The summed E-state index contributed by atoms with van der Waals surface area (Å²) in [7, 11) is 1.87. The van der Waals surface area contributed by atoms with Crippen LogP contribution in [0.5, 0.6) is 0 Å². The first-order chi connectivity index (χ1) is 16.2. The van der Waals surface area contributed by atoms with Gasteiger partial charge in [-0.3, -0.25) is 9.48 Å². The van der Waals surface area contributed by atoms with E-state index in [4.69, 9.17) is 21.0 Å². The molecule has 0 amide bonds. The predicted octanol–water partition coefficient (Wildman–Crippen LogP) is 5.89. The molecule has 1 N–H and O–H groups in total. The van der Waals surface area contributed by atoms with Crippen LogP contribution in [0.3, 0.4) is 0 Å². The van der Waals surface area contributed by atoms with Crippen LogP contribution in [-0.4, -0.2) is 19.7 Å². The first-order valence-corrected chi connectivity index (χ1v) is 11.4. The number of rotatable bonds is 4. The standard InChI is InChI=1S/C26H24ClN5O2/c1-13-10-17(15(3)29-19-7-9-23(27)30-16(19)4)26-18(11-13)24(33)14(2)25(34-26)20-6-8-22-21(31-20)12-28-32(22)5/h6-12,15,29H,1-5H3. The summed E-state index contributed by atoms with van der Waals surface area (Å²) in [6.45, 7) is 7.69. The van der Waals surface area contributed by atoms with E-state index in [1.165, 1.54) is 0 Å². The van der Waals surface area contributed by atoms with Gasteiger partial charge in [-0.25, -0.2) is 9.97 Å². The molecule has 7 nitrogen and oxygen atoms in total. The van der Waals surface area contributed by atoms with E-state index in [1.54, 1.807) is 23.9 Å². The minimum absolute atomic E-state index is 0.0641. The monoisotopic (exact) mass is 473 g/mol. The van der Waals surface area contributed by atoms with E-state index >= 15 is 0 Å². The van der Waals surface area contributed by atoms with E-state index in [0.717, 1.165) is 33.5 Å². The Morgan fingerprint density at radius 3 is 2.65 bits per heavy atom. The molecule has 0 aliphatic heterocycles. The molecule has 0 fully saturated rings. The van der Waals surface area contributed by atoms with Gasteiger partial charge in [-0.05, 0) is 63.6 Å². The number of halogens is 1. The Bertz CT molecular complexity index is 1640. The highest BCUT2D eigenvalue weighted by Gasteiger charge is 2.20. The summed E-state index contributed by atoms with van der Waals surface area (Å²) in [5.74, 6) is 0.463. The van der Waals surface area contributed by atoms with E-state index in [2.05, 4.69) is 15.4 Å². The number of anilines is 1. The van der Waals surface area contributed by atoms with E-state index in [1.807, 2.05) is 58.2 Å². The molecule has 4 aromatic heterocycles. The van der Waals surface area contributed by atoms with Crippen molar-refractivity contribution in [3.05, 3.63) is 80.4 Å². The van der Waals surface area contributed by atoms with Crippen LogP contribution in [0.4, 0.5) is 5.69 Å². The molecule has 5 aromatic rings. The van der Waals surface area contributed by atoms with Crippen molar-refractivity contribution in [3.63, 3.8) is 0 Å². The first kappa shape index (κ1) is 22.1. The summed E-state index contributed by atoms with van der Waals surface area (Å²) < 4.78 is 8.20. The number of nitrogens with zero attached hydrogens (tertiary/aromatic N) is 4. The summed E-state index contributed by atoms with van der Waals surface area (Å²) in [4.78, 5) is 22.4. The summed E-state index contributed by atoms with van der Waals surface area (Å²) in [5, 5.41) is 8.74. The Labute approximate surface area is 201 Å². The zero-order valence-electron chi connectivity index (χ0n) is 19.6. The van der Waals surface area contributed by atoms with Gasteiger partial charge in [0.2, 0.25) is 0 Å². The Kier molecular flexibility index (Phi) is 5.37. The van der Waals surface area contributed by atoms with Crippen LogP contribution in [0.2, 0.25) is 5.15 Å². The van der Waals surface area contributed by atoms with Crippen LogP contribution in [0.25, 0.3) is 33.5 Å². The van der Waals surface area contributed by atoms with Crippen molar-refractivity contribution < 1.29 is 4.42 Å². The van der Waals surface area contributed by atoms with Gasteiger partial charge in [0, 0.05) is 18.2 Å². The number of hydrogen-bond donors (Lipinski definition) is 1. The maximum atomic E-state index is 13.4. The summed E-state index contributed by atoms with van der Waals surface area (Å²) >= 11 is 6.02. The average molecular weight is 474 g/mol. The third-order valence-corrected chi connectivity index (χ3v) is 6.33. The topological polar surface area (TPSA) is 85.8 Å². The van der Waals surface area contributed by atoms with Crippen molar-refractivity contribution in [3.8, 4) is 11.5 Å². The molecule has 1 unspecified atom stereocenters. The van der Waals surface area contributed by atoms with E-state index in [0.29, 0.717) is 33.1 Å². The second-order valence-electron chi connectivity index (χ2n) is 8.62. The van der Waals surface area contributed by atoms with Crippen LogP contribution in [0.1, 0.15) is 35.3 Å². The number of nitrogens with one attached hydrogen (secondary N) is 1.